The van der Waals surface area contributed by atoms with Gasteiger partial charge in [0.2, 0.25) is 0 Å². The van der Waals surface area contributed by atoms with E-state index in [0.29, 0.717) is 12.1 Å². The van der Waals surface area contributed by atoms with Crippen molar-refractivity contribution in [2.75, 3.05) is 18.6 Å². The molecule has 1 aromatic carbocycles. The van der Waals surface area contributed by atoms with Gasteiger partial charge in [-0.05, 0) is 31.0 Å². The Morgan fingerprint density at radius 1 is 1.35 bits per heavy atom. The van der Waals surface area contributed by atoms with Crippen LogP contribution in [0.3, 0.4) is 0 Å². The highest BCUT2D eigenvalue weighted by molar-refractivity contribution is 7.99. The van der Waals surface area contributed by atoms with Gasteiger partial charge in [-0.3, -0.25) is 0 Å². The normalized spacial score (nSPS) is 31.9. The summed E-state index contributed by atoms with van der Waals surface area (Å²) in [6.45, 7) is 0. The van der Waals surface area contributed by atoms with Gasteiger partial charge in [0.25, 0.3) is 0 Å². The highest BCUT2D eigenvalue weighted by Crippen LogP contribution is 2.39. The molecule has 0 saturated carbocycles. The number of para-hydroxylation sites is 1. The number of rotatable bonds is 2. The first kappa shape index (κ1) is 11.4. The van der Waals surface area contributed by atoms with Crippen LogP contribution in [0.25, 0.3) is 0 Å². The fourth-order valence-corrected chi connectivity index (χ4v) is 4.17. The van der Waals surface area contributed by atoms with Crippen molar-refractivity contribution in [2.24, 2.45) is 5.92 Å². The summed E-state index contributed by atoms with van der Waals surface area (Å²) in [5, 5.41) is 3.43. The van der Waals surface area contributed by atoms with Crippen LogP contribution in [-0.4, -0.2) is 24.7 Å². The molecule has 3 rings (SSSR count). The van der Waals surface area contributed by atoms with Crippen molar-refractivity contribution in [1.82, 2.24) is 5.32 Å². The Morgan fingerprint density at radius 2 is 2.24 bits per heavy atom. The van der Waals surface area contributed by atoms with Crippen molar-refractivity contribution >= 4 is 11.8 Å². The largest absolute Gasteiger partial charge is 0.490 e. The lowest BCUT2D eigenvalue weighted by atomic mass is 9.89. The highest BCUT2D eigenvalue weighted by atomic mass is 32.2. The summed E-state index contributed by atoms with van der Waals surface area (Å²) < 4.78 is 6.19. The van der Waals surface area contributed by atoms with Gasteiger partial charge in [0.1, 0.15) is 11.9 Å². The molecule has 1 saturated heterocycles. The van der Waals surface area contributed by atoms with Crippen LogP contribution in [0.5, 0.6) is 5.75 Å². The molecular formula is C14H19NOS. The fraction of sp³-hybridized carbons (Fsp3) is 0.571. The van der Waals surface area contributed by atoms with E-state index in [1.165, 1.54) is 23.5 Å². The predicted octanol–water partition coefficient (Wildman–Crippen LogP) is 2.85. The third-order valence-corrected chi connectivity index (χ3v) is 5.07. The molecule has 0 amide bonds. The third-order valence-electron chi connectivity index (χ3n) is 3.88. The Kier molecular flexibility index (Phi) is 3.30. The molecule has 3 atom stereocenters. The van der Waals surface area contributed by atoms with Crippen LogP contribution in [0, 0.1) is 5.92 Å². The number of benzene rings is 1. The first-order chi connectivity index (χ1) is 8.38. The fourth-order valence-electron chi connectivity index (χ4n) is 2.85. The average molecular weight is 249 g/mol. The molecule has 3 heteroatoms. The monoisotopic (exact) mass is 249 g/mol. The van der Waals surface area contributed by atoms with E-state index in [0.717, 1.165) is 18.1 Å². The topological polar surface area (TPSA) is 21.3 Å². The molecule has 1 N–H and O–H groups in total. The molecule has 2 heterocycles. The maximum atomic E-state index is 6.19. The predicted molar refractivity (Wildman–Crippen MR) is 72.7 cm³/mol. The molecule has 17 heavy (non-hydrogen) atoms. The minimum atomic E-state index is 0.400. The quantitative estimate of drug-likeness (QED) is 0.871. The molecule has 92 valence electrons. The minimum absolute atomic E-state index is 0.400. The van der Waals surface area contributed by atoms with Crippen molar-refractivity contribution in [3.8, 4) is 5.75 Å². The van der Waals surface area contributed by atoms with Crippen LogP contribution in [0.1, 0.15) is 24.4 Å². The molecule has 0 bridgehead atoms. The highest BCUT2D eigenvalue weighted by Gasteiger charge is 2.34. The maximum absolute atomic E-state index is 6.19. The smallest absolute Gasteiger partial charge is 0.124 e. The van der Waals surface area contributed by atoms with Crippen molar-refractivity contribution < 1.29 is 4.74 Å². The summed E-state index contributed by atoms with van der Waals surface area (Å²) in [4.78, 5) is 0. The van der Waals surface area contributed by atoms with Crippen LogP contribution in [-0.2, 0) is 0 Å². The first-order valence-corrected chi connectivity index (χ1v) is 7.54. The molecule has 2 aliphatic rings. The summed E-state index contributed by atoms with van der Waals surface area (Å²) in [7, 11) is 2.05. The van der Waals surface area contributed by atoms with Crippen LogP contribution in [0.4, 0.5) is 0 Å². The van der Waals surface area contributed by atoms with Gasteiger partial charge >= 0.3 is 0 Å². The number of ether oxygens (including phenoxy) is 1. The maximum Gasteiger partial charge on any atom is 0.124 e. The molecule has 3 unspecified atom stereocenters. The lowest BCUT2D eigenvalue weighted by Gasteiger charge is -2.34. The molecular weight excluding hydrogens is 230 g/mol. The summed E-state index contributed by atoms with van der Waals surface area (Å²) in [5.74, 6) is 4.39. The van der Waals surface area contributed by atoms with E-state index >= 15 is 0 Å². The van der Waals surface area contributed by atoms with E-state index < -0.39 is 0 Å². The number of hydrogen-bond acceptors (Lipinski definition) is 3. The van der Waals surface area contributed by atoms with Gasteiger partial charge in [-0.2, -0.15) is 11.8 Å². The second kappa shape index (κ2) is 4.91. The molecule has 0 aliphatic carbocycles. The molecule has 0 spiro atoms. The summed E-state index contributed by atoms with van der Waals surface area (Å²) in [5.41, 5.74) is 1.32. The third kappa shape index (κ3) is 2.18. The summed E-state index contributed by atoms with van der Waals surface area (Å²) in [6.07, 6.45) is 2.82. The molecule has 2 aliphatic heterocycles. The van der Waals surface area contributed by atoms with Crippen LogP contribution in [0.2, 0.25) is 0 Å². The number of nitrogens with one attached hydrogen (secondary N) is 1. The number of hydrogen-bond donors (Lipinski definition) is 1. The Morgan fingerprint density at radius 3 is 3.00 bits per heavy atom. The molecule has 1 fully saturated rings. The molecule has 0 aromatic heterocycles. The Balaban J connectivity index is 1.84. The van der Waals surface area contributed by atoms with Gasteiger partial charge < -0.3 is 10.1 Å². The van der Waals surface area contributed by atoms with Gasteiger partial charge in [0, 0.05) is 23.9 Å². The van der Waals surface area contributed by atoms with E-state index in [1.54, 1.807) is 0 Å². The van der Waals surface area contributed by atoms with Crippen molar-refractivity contribution in [3.05, 3.63) is 29.8 Å². The van der Waals surface area contributed by atoms with E-state index in [-0.39, 0.29) is 0 Å². The van der Waals surface area contributed by atoms with Crippen LogP contribution < -0.4 is 10.1 Å². The zero-order valence-electron chi connectivity index (χ0n) is 10.2. The molecule has 2 nitrogen and oxygen atoms in total. The van der Waals surface area contributed by atoms with Gasteiger partial charge in [-0.15, -0.1) is 0 Å². The minimum Gasteiger partial charge on any atom is -0.490 e. The Bertz CT molecular complexity index is 390. The molecule has 0 radical (unpaired) electrons. The summed E-state index contributed by atoms with van der Waals surface area (Å²) in [6, 6.07) is 8.90. The van der Waals surface area contributed by atoms with Crippen LogP contribution >= 0.6 is 11.8 Å². The van der Waals surface area contributed by atoms with Crippen molar-refractivity contribution in [3.63, 3.8) is 0 Å². The SMILES string of the molecule is CNC1CC(C2CCSC2)Oc2ccccc21. The second-order valence-electron chi connectivity index (χ2n) is 4.89. The van der Waals surface area contributed by atoms with Crippen molar-refractivity contribution in [1.29, 1.82) is 0 Å². The summed E-state index contributed by atoms with van der Waals surface area (Å²) >= 11 is 2.07. The first-order valence-electron chi connectivity index (χ1n) is 6.39. The Labute approximate surface area is 107 Å². The average Bonchev–Trinajstić information content (AvgIpc) is 2.91. The number of thioether (sulfide) groups is 1. The van der Waals surface area contributed by atoms with E-state index in [9.17, 15) is 0 Å². The Hall–Kier alpha value is -0.670. The van der Waals surface area contributed by atoms with E-state index in [2.05, 4.69) is 41.3 Å². The standard InChI is InChI=1S/C14H19NOS/c1-15-12-8-14(10-6-7-17-9-10)16-13-5-3-2-4-11(12)13/h2-5,10,12,14-15H,6-9H2,1H3. The second-order valence-corrected chi connectivity index (χ2v) is 6.04. The van der Waals surface area contributed by atoms with Gasteiger partial charge in [0.05, 0.1) is 0 Å². The lowest BCUT2D eigenvalue weighted by molar-refractivity contribution is 0.104. The number of fused-ring (bicyclic) bond motifs is 1. The zero-order chi connectivity index (χ0) is 11.7. The van der Waals surface area contributed by atoms with E-state index in [1.807, 2.05) is 7.05 Å². The van der Waals surface area contributed by atoms with Gasteiger partial charge in [-0.25, -0.2) is 0 Å². The van der Waals surface area contributed by atoms with Gasteiger partial charge in [-0.1, -0.05) is 18.2 Å². The lowest BCUT2D eigenvalue weighted by Crippen LogP contribution is -2.36. The zero-order valence-corrected chi connectivity index (χ0v) is 11.0. The van der Waals surface area contributed by atoms with Gasteiger partial charge in [0.15, 0.2) is 0 Å². The van der Waals surface area contributed by atoms with Crippen molar-refractivity contribution in [2.45, 2.75) is 25.0 Å². The van der Waals surface area contributed by atoms with Crippen LogP contribution in [0.15, 0.2) is 24.3 Å². The van der Waals surface area contributed by atoms with E-state index in [4.69, 9.17) is 4.74 Å². The molecule has 1 aromatic rings.